The molecule has 0 unspecified atom stereocenters. The van der Waals surface area contributed by atoms with Gasteiger partial charge in [-0.25, -0.2) is 4.39 Å². The zero-order chi connectivity index (χ0) is 17.4. The van der Waals surface area contributed by atoms with E-state index in [1.807, 2.05) is 6.07 Å². The number of amides is 1. The predicted octanol–water partition coefficient (Wildman–Crippen LogP) is 2.63. The van der Waals surface area contributed by atoms with E-state index in [0.717, 1.165) is 30.5 Å². The molecule has 6 heteroatoms. The van der Waals surface area contributed by atoms with E-state index in [0.29, 0.717) is 31.0 Å². The number of rotatable bonds is 4. The second-order valence-electron chi connectivity index (χ2n) is 7.09. The number of carbonyl (C=O) groups is 1. The largest absolute Gasteiger partial charge is 0.391 e. The Morgan fingerprint density at radius 3 is 2.76 bits per heavy atom. The van der Waals surface area contributed by atoms with Gasteiger partial charge in [0.1, 0.15) is 11.5 Å². The number of likely N-dealkylation sites (tertiary alicyclic amines) is 1. The summed E-state index contributed by atoms with van der Waals surface area (Å²) in [5.74, 6) is 0.0787. The van der Waals surface area contributed by atoms with E-state index in [2.05, 4.69) is 10.2 Å². The molecule has 0 bridgehead atoms. The summed E-state index contributed by atoms with van der Waals surface area (Å²) < 4.78 is 13.1. The van der Waals surface area contributed by atoms with Crippen molar-refractivity contribution in [2.75, 3.05) is 6.54 Å². The molecule has 1 aliphatic carbocycles. The van der Waals surface area contributed by atoms with Gasteiger partial charge < -0.3 is 10.0 Å². The highest BCUT2D eigenvalue weighted by Gasteiger charge is 2.35. The maximum Gasteiger partial charge on any atom is 0.274 e. The van der Waals surface area contributed by atoms with Crippen LogP contribution in [0, 0.1) is 5.82 Å². The first kappa shape index (κ1) is 16.3. The number of hydrogen-bond donors (Lipinski definition) is 2. The molecule has 1 amide bonds. The van der Waals surface area contributed by atoms with Crippen LogP contribution in [0.2, 0.25) is 0 Å². The summed E-state index contributed by atoms with van der Waals surface area (Å²) in [6, 6.07) is 7.76. The smallest absolute Gasteiger partial charge is 0.274 e. The minimum atomic E-state index is -0.579. The standard InChI is InChI=1S/C19H22FN3O2/c20-14-7-3-12(4-8-14)10-17-18(24)2-1-9-23(17)19(25)16-11-15(21-22-16)13-5-6-13/h3-4,7-8,11,13,17-18,24H,1-2,5-6,9-10H2,(H,21,22)/t17-,18-/m0/s1. The topological polar surface area (TPSA) is 69.2 Å². The van der Waals surface area contributed by atoms with E-state index in [4.69, 9.17) is 0 Å². The van der Waals surface area contributed by atoms with E-state index in [1.165, 1.54) is 12.1 Å². The fourth-order valence-electron chi connectivity index (χ4n) is 3.59. The van der Waals surface area contributed by atoms with Gasteiger partial charge in [-0.05, 0) is 55.9 Å². The number of benzene rings is 1. The van der Waals surface area contributed by atoms with Crippen molar-refractivity contribution in [3.05, 3.63) is 53.1 Å². The number of nitrogens with zero attached hydrogens (tertiary/aromatic N) is 2. The third-order valence-corrected chi connectivity index (χ3v) is 5.20. The third kappa shape index (κ3) is 3.44. The Hall–Kier alpha value is -2.21. The van der Waals surface area contributed by atoms with Crippen molar-refractivity contribution >= 4 is 5.91 Å². The molecule has 1 aromatic carbocycles. The average Bonchev–Trinajstić information content (AvgIpc) is 3.35. The van der Waals surface area contributed by atoms with Gasteiger partial charge in [-0.3, -0.25) is 9.89 Å². The minimum Gasteiger partial charge on any atom is -0.391 e. The summed E-state index contributed by atoms with van der Waals surface area (Å²) in [5, 5.41) is 17.6. The van der Waals surface area contributed by atoms with Crippen molar-refractivity contribution in [2.24, 2.45) is 0 Å². The zero-order valence-corrected chi connectivity index (χ0v) is 14.0. The first-order valence-corrected chi connectivity index (χ1v) is 8.90. The highest BCUT2D eigenvalue weighted by atomic mass is 19.1. The number of carbonyl (C=O) groups excluding carboxylic acids is 1. The molecule has 2 heterocycles. The Kier molecular flexibility index (Phi) is 4.29. The number of halogens is 1. The molecule has 132 valence electrons. The molecule has 1 aliphatic heterocycles. The maximum atomic E-state index is 13.1. The van der Waals surface area contributed by atoms with Crippen molar-refractivity contribution in [3.8, 4) is 0 Å². The summed E-state index contributed by atoms with van der Waals surface area (Å²) in [4.78, 5) is 14.7. The van der Waals surface area contributed by atoms with Crippen molar-refractivity contribution in [1.82, 2.24) is 15.1 Å². The first-order chi connectivity index (χ1) is 12.1. The van der Waals surface area contributed by atoms with Gasteiger partial charge in [-0.15, -0.1) is 0 Å². The molecule has 25 heavy (non-hydrogen) atoms. The molecule has 0 radical (unpaired) electrons. The lowest BCUT2D eigenvalue weighted by molar-refractivity contribution is 0.0115. The maximum absolute atomic E-state index is 13.1. The van der Waals surface area contributed by atoms with Gasteiger partial charge in [-0.1, -0.05) is 12.1 Å². The monoisotopic (exact) mass is 343 g/mol. The van der Waals surface area contributed by atoms with Crippen LogP contribution in [0.3, 0.4) is 0 Å². The summed E-state index contributed by atoms with van der Waals surface area (Å²) in [6.07, 6.45) is 3.66. The molecule has 2 fully saturated rings. The molecule has 1 aromatic heterocycles. The molecule has 1 saturated heterocycles. The fourth-order valence-corrected chi connectivity index (χ4v) is 3.59. The second-order valence-corrected chi connectivity index (χ2v) is 7.09. The zero-order valence-electron chi connectivity index (χ0n) is 14.0. The number of aliphatic hydroxyl groups excluding tert-OH is 1. The SMILES string of the molecule is O=C(c1cc(C2CC2)[nH]n1)N1CCC[C@H](O)[C@@H]1Cc1ccc(F)cc1. The predicted molar refractivity (Wildman–Crippen MR) is 90.7 cm³/mol. The number of piperidine rings is 1. The number of aromatic amines is 1. The first-order valence-electron chi connectivity index (χ1n) is 8.90. The number of aliphatic hydroxyl groups is 1. The average molecular weight is 343 g/mol. The Morgan fingerprint density at radius 1 is 1.28 bits per heavy atom. The lowest BCUT2D eigenvalue weighted by Crippen LogP contribution is -2.52. The van der Waals surface area contributed by atoms with Gasteiger partial charge in [0.15, 0.2) is 0 Å². The van der Waals surface area contributed by atoms with Gasteiger partial charge in [0.2, 0.25) is 0 Å². The molecular formula is C19H22FN3O2. The Labute approximate surface area is 145 Å². The highest BCUT2D eigenvalue weighted by molar-refractivity contribution is 5.92. The van der Waals surface area contributed by atoms with Gasteiger partial charge in [0, 0.05) is 18.2 Å². The number of hydrogen-bond acceptors (Lipinski definition) is 3. The number of H-pyrrole nitrogens is 1. The van der Waals surface area contributed by atoms with Gasteiger partial charge in [0.05, 0.1) is 12.1 Å². The van der Waals surface area contributed by atoms with Crippen molar-refractivity contribution in [2.45, 2.75) is 50.2 Å². The molecule has 5 nitrogen and oxygen atoms in total. The van der Waals surface area contributed by atoms with Crippen LogP contribution in [0.4, 0.5) is 4.39 Å². The summed E-state index contributed by atoms with van der Waals surface area (Å²) in [5.41, 5.74) is 2.35. The van der Waals surface area contributed by atoms with Crippen LogP contribution >= 0.6 is 0 Å². The lowest BCUT2D eigenvalue weighted by Gasteiger charge is -2.39. The normalized spacial score (nSPS) is 23.7. The fraction of sp³-hybridized carbons (Fsp3) is 0.474. The van der Waals surface area contributed by atoms with Crippen LogP contribution in [-0.4, -0.2) is 44.8 Å². The van der Waals surface area contributed by atoms with Crippen LogP contribution in [0.5, 0.6) is 0 Å². The molecule has 0 spiro atoms. The van der Waals surface area contributed by atoms with Gasteiger partial charge in [-0.2, -0.15) is 5.10 Å². The van der Waals surface area contributed by atoms with E-state index in [9.17, 15) is 14.3 Å². The lowest BCUT2D eigenvalue weighted by atomic mass is 9.92. The van der Waals surface area contributed by atoms with Crippen LogP contribution in [-0.2, 0) is 6.42 Å². The van der Waals surface area contributed by atoms with E-state index in [1.54, 1.807) is 17.0 Å². The second kappa shape index (κ2) is 6.59. The molecule has 2 aromatic rings. The Morgan fingerprint density at radius 2 is 2.04 bits per heavy atom. The Balaban J connectivity index is 1.53. The van der Waals surface area contributed by atoms with E-state index < -0.39 is 6.10 Å². The Bertz CT molecular complexity index is 754. The molecule has 1 saturated carbocycles. The molecule has 4 rings (SSSR count). The molecule has 2 N–H and O–H groups in total. The summed E-state index contributed by atoms with van der Waals surface area (Å²) >= 11 is 0. The minimum absolute atomic E-state index is 0.144. The van der Waals surface area contributed by atoms with Crippen LogP contribution in [0.25, 0.3) is 0 Å². The van der Waals surface area contributed by atoms with Crippen LogP contribution < -0.4 is 0 Å². The van der Waals surface area contributed by atoms with Crippen molar-refractivity contribution < 1.29 is 14.3 Å². The van der Waals surface area contributed by atoms with E-state index >= 15 is 0 Å². The van der Waals surface area contributed by atoms with Gasteiger partial charge >= 0.3 is 0 Å². The summed E-state index contributed by atoms with van der Waals surface area (Å²) in [6.45, 7) is 0.605. The summed E-state index contributed by atoms with van der Waals surface area (Å²) in [7, 11) is 0. The van der Waals surface area contributed by atoms with E-state index in [-0.39, 0.29) is 17.8 Å². The molecule has 2 atom stereocenters. The number of aromatic nitrogens is 2. The quantitative estimate of drug-likeness (QED) is 0.897. The molecular weight excluding hydrogens is 321 g/mol. The van der Waals surface area contributed by atoms with Crippen molar-refractivity contribution in [3.63, 3.8) is 0 Å². The van der Waals surface area contributed by atoms with Gasteiger partial charge in [0.25, 0.3) is 5.91 Å². The third-order valence-electron chi connectivity index (χ3n) is 5.20. The van der Waals surface area contributed by atoms with Crippen LogP contribution in [0.15, 0.2) is 30.3 Å². The highest BCUT2D eigenvalue weighted by Crippen LogP contribution is 2.39. The van der Waals surface area contributed by atoms with Crippen LogP contribution in [0.1, 0.15) is 53.3 Å². The van der Waals surface area contributed by atoms with Crippen molar-refractivity contribution in [1.29, 1.82) is 0 Å². The molecule has 2 aliphatic rings. The number of nitrogens with one attached hydrogen (secondary N) is 1.